The van der Waals surface area contributed by atoms with Crippen LogP contribution in [0, 0.1) is 18.8 Å². The molecule has 0 spiro atoms. The maximum absolute atomic E-state index is 12.2. The third-order valence-corrected chi connectivity index (χ3v) is 5.31. The number of hydrogen-bond acceptors (Lipinski definition) is 3. The van der Waals surface area contributed by atoms with Crippen LogP contribution in [0.2, 0.25) is 0 Å². The van der Waals surface area contributed by atoms with Gasteiger partial charge in [-0.2, -0.15) is 0 Å². The number of cyclic esters (lactones) is 1. The molecule has 156 valence electrons. The molecule has 0 radical (unpaired) electrons. The van der Waals surface area contributed by atoms with Crippen molar-refractivity contribution in [1.82, 2.24) is 0 Å². The van der Waals surface area contributed by atoms with Crippen molar-refractivity contribution in [2.24, 2.45) is 11.8 Å². The lowest BCUT2D eigenvalue weighted by Gasteiger charge is -2.17. The minimum atomic E-state index is -0.417. The van der Waals surface area contributed by atoms with E-state index in [2.05, 4.69) is 13.5 Å². The molecule has 28 heavy (non-hydrogen) atoms. The predicted octanol–water partition coefficient (Wildman–Crippen LogP) is 6.75. The average molecular weight is 387 g/mol. The zero-order valence-corrected chi connectivity index (χ0v) is 18.2. The Hall–Kier alpha value is -1.90. The van der Waals surface area contributed by atoms with E-state index in [-0.39, 0.29) is 24.1 Å². The van der Waals surface area contributed by atoms with Gasteiger partial charge in [-0.15, -0.1) is 6.58 Å². The summed E-state index contributed by atoms with van der Waals surface area (Å²) < 4.78 is 5.35. The van der Waals surface area contributed by atoms with Crippen molar-refractivity contribution >= 4 is 11.8 Å². The van der Waals surface area contributed by atoms with Gasteiger partial charge in [0, 0.05) is 6.42 Å². The van der Waals surface area contributed by atoms with Crippen molar-refractivity contribution in [3.8, 4) is 0 Å². The lowest BCUT2D eigenvalue weighted by atomic mass is 9.89. The molecule has 1 aliphatic heterocycles. The molecule has 0 amide bonds. The van der Waals surface area contributed by atoms with Gasteiger partial charge in [0.15, 0.2) is 0 Å². The molecular formula is C25H38O3. The molecule has 0 unspecified atom stereocenters. The lowest BCUT2D eigenvalue weighted by molar-refractivity contribution is -0.141. The van der Waals surface area contributed by atoms with E-state index in [9.17, 15) is 9.59 Å². The Balaban J connectivity index is 0.000000411. The SMILES string of the molecule is C=CCCCC(=O)[C@H]1CC(=O)O[C@@H]1c1ccc(C)cc1.CC.CC1CCCC1. The second kappa shape index (κ2) is 13.3. The fourth-order valence-corrected chi connectivity index (χ4v) is 3.63. The molecule has 2 atom stereocenters. The quantitative estimate of drug-likeness (QED) is 0.308. The summed E-state index contributed by atoms with van der Waals surface area (Å²) in [6, 6.07) is 7.81. The zero-order valence-electron chi connectivity index (χ0n) is 18.2. The van der Waals surface area contributed by atoms with E-state index in [1.54, 1.807) is 6.08 Å². The van der Waals surface area contributed by atoms with Crippen LogP contribution >= 0.6 is 0 Å². The summed E-state index contributed by atoms with van der Waals surface area (Å²) in [5.74, 6) is 0.543. The fraction of sp³-hybridized carbons (Fsp3) is 0.600. The second-order valence-electron chi connectivity index (χ2n) is 7.67. The molecule has 3 rings (SSSR count). The minimum Gasteiger partial charge on any atom is -0.457 e. The lowest BCUT2D eigenvalue weighted by Crippen LogP contribution is -2.18. The molecular weight excluding hydrogens is 348 g/mol. The summed E-state index contributed by atoms with van der Waals surface area (Å²) >= 11 is 0. The van der Waals surface area contributed by atoms with Gasteiger partial charge in [0.2, 0.25) is 0 Å². The van der Waals surface area contributed by atoms with E-state index >= 15 is 0 Å². The number of Topliss-reactive ketones (excluding diaryl/α,β-unsaturated/α-hetero) is 1. The van der Waals surface area contributed by atoms with Crippen molar-refractivity contribution in [2.45, 2.75) is 85.2 Å². The number of unbranched alkanes of at least 4 members (excludes halogenated alkanes) is 1. The highest BCUT2D eigenvalue weighted by molar-refractivity contribution is 5.88. The van der Waals surface area contributed by atoms with Gasteiger partial charge in [-0.05, 0) is 31.2 Å². The second-order valence-corrected chi connectivity index (χ2v) is 7.67. The van der Waals surface area contributed by atoms with Crippen molar-refractivity contribution in [3.05, 3.63) is 48.0 Å². The summed E-state index contributed by atoms with van der Waals surface area (Å²) in [6.07, 6.45) is 9.63. The molecule has 0 aromatic heterocycles. The summed E-state index contributed by atoms with van der Waals surface area (Å²) in [5, 5.41) is 0. The zero-order chi connectivity index (χ0) is 20.9. The summed E-state index contributed by atoms with van der Waals surface area (Å²) in [6.45, 7) is 12.0. The smallest absolute Gasteiger partial charge is 0.307 e. The van der Waals surface area contributed by atoms with Gasteiger partial charge < -0.3 is 4.74 Å². The first kappa shape index (κ1) is 24.1. The summed E-state index contributed by atoms with van der Waals surface area (Å²) in [5.41, 5.74) is 2.05. The van der Waals surface area contributed by atoms with E-state index in [1.165, 1.54) is 25.7 Å². The number of carbonyl (C=O) groups excluding carboxylic acids is 2. The molecule has 3 heteroatoms. The van der Waals surface area contributed by atoms with Gasteiger partial charge in [0.05, 0.1) is 12.3 Å². The van der Waals surface area contributed by atoms with Crippen LogP contribution in [-0.2, 0) is 14.3 Å². The van der Waals surface area contributed by atoms with Crippen molar-refractivity contribution in [3.63, 3.8) is 0 Å². The molecule has 2 aliphatic rings. The maximum Gasteiger partial charge on any atom is 0.307 e. The number of hydrogen-bond donors (Lipinski definition) is 0. The molecule has 1 saturated carbocycles. The van der Waals surface area contributed by atoms with E-state index in [1.807, 2.05) is 45.0 Å². The van der Waals surface area contributed by atoms with E-state index < -0.39 is 6.10 Å². The molecule has 0 N–H and O–H groups in total. The molecule has 2 fully saturated rings. The number of benzene rings is 1. The molecule has 1 heterocycles. The molecule has 1 aromatic rings. The Morgan fingerprint density at radius 3 is 2.29 bits per heavy atom. The number of rotatable bonds is 6. The largest absolute Gasteiger partial charge is 0.457 e. The Bertz CT molecular complexity index is 597. The fourth-order valence-electron chi connectivity index (χ4n) is 3.63. The van der Waals surface area contributed by atoms with Crippen LogP contribution in [0.15, 0.2) is 36.9 Å². The molecule has 3 nitrogen and oxygen atoms in total. The number of ketones is 1. The third kappa shape index (κ3) is 8.00. The van der Waals surface area contributed by atoms with Crippen molar-refractivity contribution in [2.75, 3.05) is 0 Å². The summed E-state index contributed by atoms with van der Waals surface area (Å²) in [7, 11) is 0. The highest BCUT2D eigenvalue weighted by Crippen LogP contribution is 2.37. The topological polar surface area (TPSA) is 43.4 Å². The predicted molar refractivity (Wildman–Crippen MR) is 116 cm³/mol. The van der Waals surface area contributed by atoms with E-state index in [4.69, 9.17) is 4.74 Å². The van der Waals surface area contributed by atoms with Gasteiger partial charge in [-0.3, -0.25) is 9.59 Å². The first-order valence-electron chi connectivity index (χ1n) is 10.9. The maximum atomic E-state index is 12.2. The highest BCUT2D eigenvalue weighted by Gasteiger charge is 2.39. The van der Waals surface area contributed by atoms with Gasteiger partial charge in [-0.25, -0.2) is 0 Å². The monoisotopic (exact) mass is 386 g/mol. The number of esters is 1. The Morgan fingerprint density at radius 2 is 1.79 bits per heavy atom. The standard InChI is InChI=1S/C17H20O3.C6H12.C2H6/c1-3-4-5-6-15(18)14-11-16(19)20-17(14)13-9-7-12(2)8-10-13;1-6-4-2-3-5-6;1-2/h3,7-10,14,17H,1,4-6,11H2,2H3;6H,2-5H2,1H3;1-2H3/t14-,17-;;/m1../s1. The Morgan fingerprint density at radius 1 is 1.18 bits per heavy atom. The molecule has 1 aromatic carbocycles. The van der Waals surface area contributed by atoms with Gasteiger partial charge in [-0.1, -0.05) is 82.4 Å². The Labute approximate surface area is 171 Å². The minimum absolute atomic E-state index is 0.114. The van der Waals surface area contributed by atoms with Crippen LogP contribution in [0.5, 0.6) is 0 Å². The third-order valence-electron chi connectivity index (χ3n) is 5.31. The van der Waals surface area contributed by atoms with E-state index in [0.717, 1.165) is 29.9 Å². The highest BCUT2D eigenvalue weighted by atomic mass is 16.6. The van der Waals surface area contributed by atoms with Crippen LogP contribution in [0.3, 0.4) is 0 Å². The van der Waals surface area contributed by atoms with Gasteiger partial charge in [0.1, 0.15) is 11.9 Å². The van der Waals surface area contributed by atoms with Crippen LogP contribution in [0.1, 0.15) is 89.4 Å². The van der Waals surface area contributed by atoms with Crippen LogP contribution in [0.4, 0.5) is 0 Å². The van der Waals surface area contributed by atoms with Crippen molar-refractivity contribution < 1.29 is 14.3 Å². The number of aryl methyl sites for hydroxylation is 1. The first-order chi connectivity index (χ1) is 13.5. The van der Waals surface area contributed by atoms with E-state index in [0.29, 0.717) is 6.42 Å². The average Bonchev–Trinajstić information content (AvgIpc) is 3.33. The van der Waals surface area contributed by atoms with Crippen molar-refractivity contribution in [1.29, 1.82) is 0 Å². The molecule has 1 aliphatic carbocycles. The van der Waals surface area contributed by atoms with Crippen LogP contribution < -0.4 is 0 Å². The number of carbonyl (C=O) groups is 2. The summed E-state index contributed by atoms with van der Waals surface area (Å²) in [4.78, 5) is 23.8. The molecule has 0 bridgehead atoms. The normalized spacial score (nSPS) is 21.1. The van der Waals surface area contributed by atoms with Gasteiger partial charge in [0.25, 0.3) is 0 Å². The first-order valence-corrected chi connectivity index (χ1v) is 10.9. The van der Waals surface area contributed by atoms with Crippen LogP contribution in [0.25, 0.3) is 0 Å². The van der Waals surface area contributed by atoms with Gasteiger partial charge >= 0.3 is 5.97 Å². The number of allylic oxidation sites excluding steroid dienone is 1. The number of ether oxygens (including phenoxy) is 1. The van der Waals surface area contributed by atoms with Crippen LogP contribution in [-0.4, -0.2) is 11.8 Å². The molecule has 1 saturated heterocycles. The Kier molecular flexibility index (Phi) is 11.5.